The predicted octanol–water partition coefficient (Wildman–Crippen LogP) is 3.90. The fourth-order valence-corrected chi connectivity index (χ4v) is 3.66. The third kappa shape index (κ3) is 3.88. The maximum atomic E-state index is 12.3. The zero-order valence-corrected chi connectivity index (χ0v) is 14.6. The molecule has 0 heterocycles. The van der Waals surface area contributed by atoms with E-state index in [2.05, 4.69) is 5.32 Å². The lowest BCUT2D eigenvalue weighted by Crippen LogP contribution is -2.41. The number of halogens is 3. The summed E-state index contributed by atoms with van der Waals surface area (Å²) in [6, 6.07) is 6.21. The first-order chi connectivity index (χ1) is 10.1. The maximum Gasteiger partial charge on any atom is 0.223 e. The monoisotopic (exact) mass is 362 g/mol. The van der Waals surface area contributed by atoms with Crippen LogP contribution in [0.4, 0.5) is 0 Å². The van der Waals surface area contributed by atoms with Gasteiger partial charge in [0.1, 0.15) is 0 Å². The van der Waals surface area contributed by atoms with E-state index in [4.69, 9.17) is 28.9 Å². The van der Waals surface area contributed by atoms with Crippen LogP contribution in [0.1, 0.15) is 43.6 Å². The van der Waals surface area contributed by atoms with Gasteiger partial charge in [-0.2, -0.15) is 0 Å². The number of hydrogen-bond donors (Lipinski definition) is 2. The van der Waals surface area contributed by atoms with Gasteiger partial charge in [0.2, 0.25) is 5.91 Å². The molecule has 3 rings (SSSR count). The summed E-state index contributed by atoms with van der Waals surface area (Å²) < 4.78 is 0. The summed E-state index contributed by atoms with van der Waals surface area (Å²) in [6.45, 7) is 0. The Labute approximate surface area is 147 Å². The molecule has 0 aromatic heterocycles. The van der Waals surface area contributed by atoms with Gasteiger partial charge in [-0.05, 0) is 49.7 Å². The molecule has 0 bridgehead atoms. The van der Waals surface area contributed by atoms with Gasteiger partial charge < -0.3 is 11.1 Å². The number of carbonyl (C=O) groups is 1. The lowest BCUT2D eigenvalue weighted by atomic mass is 9.91. The first-order valence-corrected chi connectivity index (χ1v) is 8.31. The van der Waals surface area contributed by atoms with Crippen molar-refractivity contribution in [3.63, 3.8) is 0 Å². The minimum Gasteiger partial charge on any atom is -0.353 e. The fraction of sp³-hybridized carbons (Fsp3) is 0.562. The van der Waals surface area contributed by atoms with E-state index in [1.807, 2.05) is 12.1 Å². The number of nitrogens with two attached hydrogens (primary N) is 1. The molecule has 2 aliphatic rings. The van der Waals surface area contributed by atoms with Gasteiger partial charge in [-0.15, -0.1) is 12.4 Å². The molecule has 22 heavy (non-hydrogen) atoms. The van der Waals surface area contributed by atoms with E-state index in [0.717, 1.165) is 37.7 Å². The van der Waals surface area contributed by atoms with Crippen LogP contribution in [0.5, 0.6) is 0 Å². The van der Waals surface area contributed by atoms with Gasteiger partial charge in [0.25, 0.3) is 0 Å². The molecule has 2 aliphatic carbocycles. The van der Waals surface area contributed by atoms with Crippen LogP contribution in [0.2, 0.25) is 10.0 Å². The van der Waals surface area contributed by atoms with Crippen LogP contribution >= 0.6 is 35.6 Å². The summed E-state index contributed by atoms with van der Waals surface area (Å²) in [5.41, 5.74) is 6.88. The Bertz CT molecular complexity index is 544. The zero-order chi connectivity index (χ0) is 15.0. The quantitative estimate of drug-likeness (QED) is 0.855. The Morgan fingerprint density at radius 2 is 1.86 bits per heavy atom. The van der Waals surface area contributed by atoms with Crippen LogP contribution in [-0.4, -0.2) is 18.0 Å². The molecule has 6 heteroatoms. The van der Waals surface area contributed by atoms with Gasteiger partial charge in [0.05, 0.1) is 10.0 Å². The van der Waals surface area contributed by atoms with E-state index in [-0.39, 0.29) is 36.2 Å². The average molecular weight is 364 g/mol. The van der Waals surface area contributed by atoms with Gasteiger partial charge in [0, 0.05) is 18.0 Å². The number of benzene rings is 1. The second kappa shape index (κ2) is 7.39. The molecular weight excluding hydrogens is 343 g/mol. The van der Waals surface area contributed by atoms with Crippen molar-refractivity contribution in [2.75, 3.05) is 0 Å². The van der Waals surface area contributed by atoms with Crippen LogP contribution in [-0.2, 0) is 4.79 Å². The van der Waals surface area contributed by atoms with Crippen LogP contribution in [0, 0.1) is 5.92 Å². The highest BCUT2D eigenvalue weighted by molar-refractivity contribution is 6.42. The molecule has 3 nitrogen and oxygen atoms in total. The highest BCUT2D eigenvalue weighted by atomic mass is 35.5. The van der Waals surface area contributed by atoms with E-state index in [9.17, 15) is 4.79 Å². The van der Waals surface area contributed by atoms with Crippen molar-refractivity contribution in [3.8, 4) is 0 Å². The van der Waals surface area contributed by atoms with E-state index in [1.54, 1.807) is 6.07 Å². The zero-order valence-electron chi connectivity index (χ0n) is 12.2. The fourth-order valence-electron chi connectivity index (χ4n) is 3.21. The summed E-state index contributed by atoms with van der Waals surface area (Å²) in [5, 5.41) is 4.31. The van der Waals surface area contributed by atoms with Gasteiger partial charge >= 0.3 is 0 Å². The third-order valence-electron chi connectivity index (χ3n) is 4.63. The molecule has 122 valence electrons. The van der Waals surface area contributed by atoms with E-state index >= 15 is 0 Å². The number of nitrogens with one attached hydrogen (secondary N) is 1. The Kier molecular flexibility index (Phi) is 6.00. The van der Waals surface area contributed by atoms with Gasteiger partial charge in [-0.3, -0.25) is 4.79 Å². The van der Waals surface area contributed by atoms with Crippen LogP contribution in [0.15, 0.2) is 18.2 Å². The number of hydrogen-bond acceptors (Lipinski definition) is 2. The summed E-state index contributed by atoms with van der Waals surface area (Å²) in [6.07, 6.45) is 4.83. The predicted molar refractivity (Wildman–Crippen MR) is 92.9 cm³/mol. The SMILES string of the molecule is Cl.NC1CCC(NC(=O)C2CC2c2cccc(Cl)c2Cl)CC1. The van der Waals surface area contributed by atoms with Crippen LogP contribution in [0.3, 0.4) is 0 Å². The number of rotatable bonds is 3. The largest absolute Gasteiger partial charge is 0.353 e. The molecule has 2 fully saturated rings. The lowest BCUT2D eigenvalue weighted by Gasteiger charge is -2.26. The minimum absolute atomic E-state index is 0. The van der Waals surface area contributed by atoms with Crippen molar-refractivity contribution in [1.29, 1.82) is 0 Å². The minimum atomic E-state index is 0. The normalized spacial score (nSPS) is 30.3. The third-order valence-corrected chi connectivity index (χ3v) is 5.46. The average Bonchev–Trinajstić information content (AvgIpc) is 3.25. The Morgan fingerprint density at radius 1 is 1.18 bits per heavy atom. The molecule has 1 aromatic rings. The van der Waals surface area contributed by atoms with E-state index in [0.29, 0.717) is 16.1 Å². The molecule has 3 N–H and O–H groups in total. The molecule has 0 spiro atoms. The summed E-state index contributed by atoms with van der Waals surface area (Å²) in [5.74, 6) is 0.398. The first kappa shape index (κ1) is 17.9. The molecule has 0 radical (unpaired) electrons. The molecule has 1 aromatic carbocycles. The second-order valence-corrected chi connectivity index (χ2v) is 7.00. The molecule has 2 atom stereocenters. The van der Waals surface area contributed by atoms with Gasteiger partial charge in [-0.1, -0.05) is 35.3 Å². The molecular formula is C16H21Cl3N2O. The van der Waals surface area contributed by atoms with E-state index < -0.39 is 0 Å². The van der Waals surface area contributed by atoms with Crippen molar-refractivity contribution in [2.45, 2.75) is 50.1 Å². The Morgan fingerprint density at radius 3 is 2.55 bits per heavy atom. The Balaban J connectivity index is 0.00000176. The molecule has 2 saturated carbocycles. The molecule has 0 aliphatic heterocycles. The Hall–Kier alpha value is -0.480. The maximum absolute atomic E-state index is 12.3. The molecule has 0 saturated heterocycles. The van der Waals surface area contributed by atoms with Crippen molar-refractivity contribution in [3.05, 3.63) is 33.8 Å². The number of amides is 1. The summed E-state index contributed by atoms with van der Waals surface area (Å²) in [7, 11) is 0. The smallest absolute Gasteiger partial charge is 0.223 e. The highest BCUT2D eigenvalue weighted by Gasteiger charge is 2.45. The van der Waals surface area contributed by atoms with Crippen LogP contribution in [0.25, 0.3) is 0 Å². The van der Waals surface area contributed by atoms with E-state index in [1.165, 1.54) is 0 Å². The molecule has 2 unspecified atom stereocenters. The highest BCUT2D eigenvalue weighted by Crippen LogP contribution is 2.50. The summed E-state index contributed by atoms with van der Waals surface area (Å²) >= 11 is 12.3. The number of carbonyl (C=O) groups excluding carboxylic acids is 1. The standard InChI is InChI=1S/C16H20Cl2N2O.ClH/c17-14-3-1-2-11(15(14)18)12-8-13(12)16(21)20-10-6-4-9(19)5-7-10;/h1-3,9-10,12-13H,4-8,19H2,(H,20,21);1H. The van der Waals surface area contributed by atoms with Crippen molar-refractivity contribution in [2.24, 2.45) is 11.7 Å². The molecule has 1 amide bonds. The van der Waals surface area contributed by atoms with Crippen LogP contribution < -0.4 is 11.1 Å². The van der Waals surface area contributed by atoms with Gasteiger partial charge in [0.15, 0.2) is 0 Å². The topological polar surface area (TPSA) is 55.1 Å². The van der Waals surface area contributed by atoms with Crippen molar-refractivity contribution >= 4 is 41.5 Å². The lowest BCUT2D eigenvalue weighted by molar-refractivity contribution is -0.123. The van der Waals surface area contributed by atoms with Gasteiger partial charge in [-0.25, -0.2) is 0 Å². The second-order valence-electron chi connectivity index (χ2n) is 6.21. The summed E-state index contributed by atoms with van der Waals surface area (Å²) in [4.78, 5) is 12.3. The van der Waals surface area contributed by atoms with Crippen molar-refractivity contribution < 1.29 is 4.79 Å². The first-order valence-electron chi connectivity index (χ1n) is 7.56. The van der Waals surface area contributed by atoms with Crippen molar-refractivity contribution in [1.82, 2.24) is 5.32 Å².